The van der Waals surface area contributed by atoms with Crippen LogP contribution >= 0.6 is 0 Å². The minimum Gasteiger partial charge on any atom is -0.494 e. The molecule has 0 unspecified atom stereocenters. The second kappa shape index (κ2) is 10.0. The van der Waals surface area contributed by atoms with Gasteiger partial charge >= 0.3 is 0 Å². The maximum Gasteiger partial charge on any atom is 0.285 e. The van der Waals surface area contributed by atoms with E-state index >= 15 is 0 Å². The summed E-state index contributed by atoms with van der Waals surface area (Å²) in [6, 6.07) is 15.3. The monoisotopic (exact) mass is 436 g/mol. The van der Waals surface area contributed by atoms with Gasteiger partial charge in [-0.3, -0.25) is 29.1 Å². The van der Waals surface area contributed by atoms with E-state index in [0.29, 0.717) is 18.0 Å². The van der Waals surface area contributed by atoms with E-state index in [1.807, 2.05) is 6.92 Å². The van der Waals surface area contributed by atoms with Crippen molar-refractivity contribution in [2.45, 2.75) is 13.5 Å². The van der Waals surface area contributed by atoms with Crippen molar-refractivity contribution < 1.29 is 19.2 Å². The number of nitrogens with zero attached hydrogens (tertiary/aromatic N) is 2. The van der Waals surface area contributed by atoms with E-state index in [-0.39, 0.29) is 16.9 Å². The number of carbonyl (C=O) groups excluding carboxylic acids is 2. The fourth-order valence-corrected chi connectivity index (χ4v) is 2.88. The predicted octanol–water partition coefficient (Wildman–Crippen LogP) is 3.05. The second-order valence-corrected chi connectivity index (χ2v) is 6.62. The van der Waals surface area contributed by atoms with Crippen LogP contribution in [0.4, 0.5) is 17.1 Å². The smallest absolute Gasteiger partial charge is 0.285 e. The van der Waals surface area contributed by atoms with Gasteiger partial charge in [-0.25, -0.2) is 0 Å². The molecule has 0 bridgehead atoms. The molecule has 0 saturated carbocycles. The highest BCUT2D eigenvalue weighted by molar-refractivity contribution is 6.10. The molecule has 2 N–H and O–H groups in total. The number of benzene rings is 2. The van der Waals surface area contributed by atoms with Gasteiger partial charge in [-0.1, -0.05) is 12.1 Å². The third-order valence-corrected chi connectivity index (χ3v) is 4.36. The van der Waals surface area contributed by atoms with Crippen LogP contribution in [0.15, 0.2) is 71.7 Å². The molecule has 10 nitrogen and oxygen atoms in total. The molecule has 1 aromatic heterocycles. The highest BCUT2D eigenvalue weighted by Crippen LogP contribution is 2.20. The van der Waals surface area contributed by atoms with Gasteiger partial charge in [0, 0.05) is 17.8 Å². The molecule has 0 spiro atoms. The molecule has 0 aliphatic rings. The van der Waals surface area contributed by atoms with Crippen LogP contribution in [0.1, 0.15) is 17.3 Å². The lowest BCUT2D eigenvalue weighted by atomic mass is 10.1. The van der Waals surface area contributed by atoms with E-state index < -0.39 is 28.8 Å². The number of nitrogens with one attached hydrogen (secondary N) is 2. The largest absolute Gasteiger partial charge is 0.494 e. The Balaban J connectivity index is 1.73. The summed E-state index contributed by atoms with van der Waals surface area (Å²) < 4.78 is 6.30. The summed E-state index contributed by atoms with van der Waals surface area (Å²) in [6.45, 7) is 1.95. The zero-order valence-corrected chi connectivity index (χ0v) is 17.1. The molecule has 3 rings (SSSR count). The Morgan fingerprint density at radius 2 is 1.75 bits per heavy atom. The van der Waals surface area contributed by atoms with E-state index in [1.54, 1.807) is 48.5 Å². The maximum atomic E-state index is 12.7. The topological polar surface area (TPSA) is 133 Å². The van der Waals surface area contributed by atoms with Crippen molar-refractivity contribution in [2.24, 2.45) is 0 Å². The number of ether oxygens (including phenoxy) is 1. The lowest BCUT2D eigenvalue weighted by Crippen LogP contribution is -2.27. The normalized spacial score (nSPS) is 10.3. The van der Waals surface area contributed by atoms with Crippen molar-refractivity contribution >= 4 is 28.9 Å². The van der Waals surface area contributed by atoms with Crippen LogP contribution in [0.2, 0.25) is 0 Å². The molecule has 0 aliphatic heterocycles. The number of anilines is 2. The Morgan fingerprint density at radius 3 is 2.44 bits per heavy atom. The number of carbonyl (C=O) groups is 2. The van der Waals surface area contributed by atoms with Crippen LogP contribution in [-0.4, -0.2) is 27.9 Å². The Labute approximate surface area is 182 Å². The Bertz CT molecular complexity index is 1200. The van der Waals surface area contributed by atoms with Crippen molar-refractivity contribution in [1.82, 2.24) is 4.57 Å². The fourth-order valence-electron chi connectivity index (χ4n) is 2.88. The van der Waals surface area contributed by atoms with Gasteiger partial charge in [0.15, 0.2) is 0 Å². The third-order valence-electron chi connectivity index (χ3n) is 4.36. The zero-order chi connectivity index (χ0) is 23.1. The van der Waals surface area contributed by atoms with E-state index in [9.17, 15) is 24.5 Å². The molecule has 2 amide bonds. The number of pyridine rings is 1. The third kappa shape index (κ3) is 5.57. The van der Waals surface area contributed by atoms with Gasteiger partial charge in [0.05, 0.1) is 29.0 Å². The summed E-state index contributed by atoms with van der Waals surface area (Å²) in [5.74, 6) is -0.388. The molecule has 2 aromatic carbocycles. The van der Waals surface area contributed by atoms with Gasteiger partial charge in [0.1, 0.15) is 12.3 Å². The van der Waals surface area contributed by atoms with Crippen molar-refractivity contribution in [2.75, 3.05) is 17.2 Å². The Morgan fingerprint density at radius 1 is 1.03 bits per heavy atom. The van der Waals surface area contributed by atoms with E-state index in [2.05, 4.69) is 10.6 Å². The van der Waals surface area contributed by atoms with Crippen molar-refractivity contribution in [3.05, 3.63) is 92.9 Å². The first kappa shape index (κ1) is 22.2. The molecule has 3 aromatic rings. The minimum atomic E-state index is -0.658. The summed E-state index contributed by atoms with van der Waals surface area (Å²) in [5.41, 5.74) is 0.114. The molecular weight excluding hydrogens is 416 g/mol. The van der Waals surface area contributed by atoms with Gasteiger partial charge < -0.3 is 15.4 Å². The van der Waals surface area contributed by atoms with Crippen LogP contribution in [0.5, 0.6) is 5.75 Å². The first-order chi connectivity index (χ1) is 15.4. The van der Waals surface area contributed by atoms with Crippen molar-refractivity contribution in [1.29, 1.82) is 0 Å². The maximum absolute atomic E-state index is 12.7. The molecule has 10 heteroatoms. The van der Waals surface area contributed by atoms with Crippen LogP contribution in [-0.2, 0) is 11.3 Å². The summed E-state index contributed by atoms with van der Waals surface area (Å²) in [6.07, 6.45) is 0.993. The molecule has 32 heavy (non-hydrogen) atoms. The number of aromatic nitrogens is 1. The lowest BCUT2D eigenvalue weighted by Gasteiger charge is -2.12. The number of hydrogen-bond donors (Lipinski definition) is 2. The Kier molecular flexibility index (Phi) is 6.96. The summed E-state index contributed by atoms with van der Waals surface area (Å²) in [7, 11) is 0. The summed E-state index contributed by atoms with van der Waals surface area (Å²) in [4.78, 5) is 47.4. The number of nitro groups is 1. The molecule has 0 fully saturated rings. The standard InChI is InChI=1S/C22H20N4O6/c1-2-32-17-10-7-15(8-11-17)23-22(29)18-5-3-4-6-19(18)24-20(27)14-25-13-16(26(30)31)9-12-21(25)28/h3-13H,2,14H2,1H3,(H,23,29)(H,24,27). The molecule has 0 aliphatic carbocycles. The summed E-state index contributed by atoms with van der Waals surface area (Å²) in [5, 5.41) is 16.2. The first-order valence-corrected chi connectivity index (χ1v) is 9.65. The van der Waals surface area contributed by atoms with E-state index in [4.69, 9.17) is 4.74 Å². The molecule has 1 heterocycles. The summed E-state index contributed by atoms with van der Waals surface area (Å²) >= 11 is 0. The van der Waals surface area contributed by atoms with Crippen molar-refractivity contribution in [3.63, 3.8) is 0 Å². The van der Waals surface area contributed by atoms with Crippen molar-refractivity contribution in [3.8, 4) is 5.75 Å². The highest BCUT2D eigenvalue weighted by atomic mass is 16.6. The van der Waals surface area contributed by atoms with Crippen LogP contribution in [0.25, 0.3) is 0 Å². The minimum absolute atomic E-state index is 0.209. The average Bonchev–Trinajstić information content (AvgIpc) is 2.77. The van der Waals surface area contributed by atoms with E-state index in [1.165, 1.54) is 0 Å². The molecule has 0 radical (unpaired) electrons. The molecular formula is C22H20N4O6. The SMILES string of the molecule is CCOc1ccc(NC(=O)c2ccccc2NC(=O)Cn2cc([N+](=O)[O-])ccc2=O)cc1. The first-order valence-electron chi connectivity index (χ1n) is 9.65. The zero-order valence-electron chi connectivity index (χ0n) is 17.1. The predicted molar refractivity (Wildman–Crippen MR) is 118 cm³/mol. The quantitative estimate of drug-likeness (QED) is 0.412. The molecule has 0 atom stereocenters. The average molecular weight is 436 g/mol. The second-order valence-electron chi connectivity index (χ2n) is 6.62. The molecule has 0 saturated heterocycles. The van der Waals surface area contributed by atoms with Gasteiger partial charge in [0.2, 0.25) is 5.91 Å². The number of rotatable bonds is 8. The number of hydrogen-bond acceptors (Lipinski definition) is 6. The molecule has 164 valence electrons. The number of amides is 2. The van der Waals surface area contributed by atoms with Gasteiger partial charge in [-0.15, -0.1) is 0 Å². The Hall–Kier alpha value is -4.47. The fraction of sp³-hybridized carbons (Fsp3) is 0.136. The lowest BCUT2D eigenvalue weighted by molar-refractivity contribution is -0.385. The van der Waals surface area contributed by atoms with Gasteiger partial charge in [0.25, 0.3) is 17.2 Å². The number of para-hydroxylation sites is 1. The van der Waals surface area contributed by atoms with Gasteiger partial charge in [-0.2, -0.15) is 0 Å². The van der Waals surface area contributed by atoms with E-state index in [0.717, 1.165) is 22.9 Å². The highest BCUT2D eigenvalue weighted by Gasteiger charge is 2.15. The van der Waals surface area contributed by atoms with Gasteiger partial charge in [-0.05, 0) is 43.3 Å². The van der Waals surface area contributed by atoms with Crippen LogP contribution in [0.3, 0.4) is 0 Å². The van der Waals surface area contributed by atoms with Crippen LogP contribution < -0.4 is 20.9 Å². The van der Waals surface area contributed by atoms with Crippen LogP contribution in [0, 0.1) is 10.1 Å².